The quantitative estimate of drug-likeness (QED) is 0.311. The molecule has 3 aromatic rings. The number of carbonyl (C=O) groups is 2. The van der Waals surface area contributed by atoms with E-state index in [2.05, 4.69) is 36.3 Å². The van der Waals surface area contributed by atoms with Crippen molar-refractivity contribution in [1.82, 2.24) is 4.90 Å². The van der Waals surface area contributed by atoms with Gasteiger partial charge in [-0.05, 0) is 42.8 Å². The predicted molar refractivity (Wildman–Crippen MR) is 148 cm³/mol. The number of ether oxygens (including phenoxy) is 2. The Kier molecular flexibility index (Phi) is 9.84. The van der Waals surface area contributed by atoms with Crippen LogP contribution in [0.4, 0.5) is 5.69 Å². The summed E-state index contributed by atoms with van der Waals surface area (Å²) in [5.74, 6) is -1.36. The normalized spacial score (nSPS) is 19.9. The first-order valence-electron chi connectivity index (χ1n) is 13.2. The number of hydrogen-bond donors (Lipinski definition) is 3. The zero-order valence-electron chi connectivity index (χ0n) is 22.3. The number of nitrogens with zero attached hydrogens (tertiary/aromatic N) is 1. The summed E-state index contributed by atoms with van der Waals surface area (Å²) in [5.41, 5.74) is 4.50. The highest BCUT2D eigenvalue weighted by Crippen LogP contribution is 2.38. The van der Waals surface area contributed by atoms with Crippen LogP contribution in [-0.2, 0) is 25.7 Å². The average molecular weight is 533 g/mol. The molecule has 1 aliphatic rings. The second-order valence-corrected chi connectivity index (χ2v) is 9.94. The van der Waals surface area contributed by atoms with E-state index in [-0.39, 0.29) is 43.6 Å². The van der Waals surface area contributed by atoms with Crippen molar-refractivity contribution in [2.45, 2.75) is 57.3 Å². The van der Waals surface area contributed by atoms with Crippen LogP contribution < -0.4 is 5.32 Å². The number of aliphatic carboxylic acids is 1. The molecule has 0 saturated carbocycles. The first-order valence-corrected chi connectivity index (χ1v) is 13.2. The van der Waals surface area contributed by atoms with Gasteiger partial charge < -0.3 is 25.0 Å². The van der Waals surface area contributed by atoms with E-state index in [0.29, 0.717) is 18.7 Å². The highest BCUT2D eigenvalue weighted by molar-refractivity contribution is 5.92. The van der Waals surface area contributed by atoms with Crippen LogP contribution >= 0.6 is 0 Å². The Labute approximate surface area is 229 Å². The first kappa shape index (κ1) is 28.4. The smallest absolute Gasteiger partial charge is 0.303 e. The van der Waals surface area contributed by atoms with Crippen LogP contribution in [0.15, 0.2) is 78.9 Å². The number of rotatable bonds is 11. The Morgan fingerprint density at radius 1 is 0.949 bits per heavy atom. The molecule has 0 bridgehead atoms. The molecule has 4 rings (SSSR count). The minimum absolute atomic E-state index is 0.0124. The van der Waals surface area contributed by atoms with Crippen molar-refractivity contribution in [2.75, 3.05) is 18.9 Å². The van der Waals surface area contributed by atoms with Gasteiger partial charge in [0.2, 0.25) is 5.91 Å². The van der Waals surface area contributed by atoms with E-state index in [4.69, 9.17) is 14.6 Å². The number of benzene rings is 3. The topological polar surface area (TPSA) is 108 Å². The third kappa shape index (κ3) is 7.97. The maximum absolute atomic E-state index is 12.0. The van der Waals surface area contributed by atoms with Crippen molar-refractivity contribution in [2.24, 2.45) is 0 Å². The molecular formula is C31H36N2O6. The van der Waals surface area contributed by atoms with Gasteiger partial charge in [-0.2, -0.15) is 0 Å². The summed E-state index contributed by atoms with van der Waals surface area (Å²) < 4.78 is 12.9. The summed E-state index contributed by atoms with van der Waals surface area (Å²) in [5, 5.41) is 20.9. The monoisotopic (exact) mass is 532 g/mol. The number of nitrogens with one attached hydrogen (secondary N) is 1. The van der Waals surface area contributed by atoms with Crippen LogP contribution in [0.5, 0.6) is 0 Å². The molecule has 1 heterocycles. The van der Waals surface area contributed by atoms with E-state index in [0.717, 1.165) is 16.7 Å². The molecule has 1 fully saturated rings. The van der Waals surface area contributed by atoms with Crippen LogP contribution in [0.1, 0.15) is 66.9 Å². The fourth-order valence-corrected chi connectivity index (χ4v) is 4.67. The maximum atomic E-state index is 12.0. The van der Waals surface area contributed by atoms with E-state index >= 15 is 0 Å². The molecule has 1 amide bonds. The zero-order valence-corrected chi connectivity index (χ0v) is 22.3. The summed E-state index contributed by atoms with van der Waals surface area (Å²) in [6, 6.07) is 25.6. The average Bonchev–Trinajstić information content (AvgIpc) is 2.96. The maximum Gasteiger partial charge on any atom is 0.303 e. The fourth-order valence-electron chi connectivity index (χ4n) is 4.67. The number of carbonyl (C=O) groups excluding carboxylic acids is 1. The summed E-state index contributed by atoms with van der Waals surface area (Å²) in [6.45, 7) is 2.88. The van der Waals surface area contributed by atoms with Gasteiger partial charge in [0.1, 0.15) is 0 Å². The van der Waals surface area contributed by atoms with Gasteiger partial charge in [0, 0.05) is 36.7 Å². The Hall–Kier alpha value is -3.56. The number of aliphatic hydroxyl groups excluding tert-OH is 1. The van der Waals surface area contributed by atoms with Gasteiger partial charge in [0.25, 0.3) is 0 Å². The molecule has 4 atom stereocenters. The van der Waals surface area contributed by atoms with Gasteiger partial charge in [0.05, 0.1) is 25.2 Å². The van der Waals surface area contributed by atoms with Crippen LogP contribution in [0.2, 0.25) is 0 Å². The molecule has 3 aromatic carbocycles. The second-order valence-electron chi connectivity index (χ2n) is 9.94. The molecule has 0 radical (unpaired) electrons. The Bertz CT molecular complexity index is 1220. The molecule has 0 aromatic heterocycles. The highest BCUT2D eigenvalue weighted by atomic mass is 16.7. The molecule has 0 spiro atoms. The van der Waals surface area contributed by atoms with Gasteiger partial charge in [-0.3, -0.25) is 14.5 Å². The lowest BCUT2D eigenvalue weighted by atomic mass is 9.99. The number of carboxylic acids is 1. The van der Waals surface area contributed by atoms with Gasteiger partial charge in [-0.1, -0.05) is 66.7 Å². The molecule has 8 heteroatoms. The summed E-state index contributed by atoms with van der Waals surface area (Å²) >= 11 is 0. The van der Waals surface area contributed by atoms with Crippen molar-refractivity contribution in [1.29, 1.82) is 0 Å². The van der Waals surface area contributed by atoms with Gasteiger partial charge in [0.15, 0.2) is 6.29 Å². The van der Waals surface area contributed by atoms with Crippen LogP contribution in [0.25, 0.3) is 0 Å². The molecular weight excluding hydrogens is 496 g/mol. The molecule has 3 N–H and O–H groups in total. The van der Waals surface area contributed by atoms with Gasteiger partial charge in [-0.25, -0.2) is 0 Å². The van der Waals surface area contributed by atoms with Crippen molar-refractivity contribution in [3.05, 3.63) is 101 Å². The molecule has 0 unspecified atom stereocenters. The van der Waals surface area contributed by atoms with E-state index in [1.807, 2.05) is 54.6 Å². The Balaban J connectivity index is 1.49. The summed E-state index contributed by atoms with van der Waals surface area (Å²) in [6.07, 6.45) is -0.524. The lowest BCUT2D eigenvalue weighted by molar-refractivity contribution is -0.253. The van der Waals surface area contributed by atoms with E-state index in [1.54, 1.807) is 12.1 Å². The molecule has 0 aliphatic carbocycles. The number of aliphatic hydroxyl groups is 1. The first-order chi connectivity index (χ1) is 18.8. The lowest BCUT2D eigenvalue weighted by Gasteiger charge is -2.39. The van der Waals surface area contributed by atoms with Gasteiger partial charge in [-0.15, -0.1) is 0 Å². The number of carboxylic acid groups (broad SMARTS) is 1. The Morgan fingerprint density at radius 2 is 1.62 bits per heavy atom. The minimum Gasteiger partial charge on any atom is -0.481 e. The minimum atomic E-state index is -1.01. The molecule has 1 aliphatic heterocycles. The van der Waals surface area contributed by atoms with Crippen molar-refractivity contribution in [3.8, 4) is 0 Å². The molecule has 39 heavy (non-hydrogen) atoms. The van der Waals surface area contributed by atoms with Crippen LogP contribution in [-0.4, -0.2) is 46.7 Å². The summed E-state index contributed by atoms with van der Waals surface area (Å²) in [4.78, 5) is 25.0. The van der Waals surface area contributed by atoms with Gasteiger partial charge >= 0.3 is 5.97 Å². The molecule has 1 saturated heterocycles. The Morgan fingerprint density at radius 3 is 2.26 bits per heavy atom. The highest BCUT2D eigenvalue weighted by Gasteiger charge is 2.33. The van der Waals surface area contributed by atoms with Crippen molar-refractivity contribution in [3.63, 3.8) is 0 Å². The van der Waals surface area contributed by atoms with Crippen LogP contribution in [0, 0.1) is 0 Å². The number of likely N-dealkylation sites (N-methyl/N-ethyl adjacent to an activating group) is 1. The van der Waals surface area contributed by atoms with Crippen LogP contribution in [0.3, 0.4) is 0 Å². The zero-order chi connectivity index (χ0) is 27.8. The standard InChI is InChI=1S/C31H36N2O6/c1-21(23-6-4-3-5-7-23)33(2)19-27-18-28(24-10-8-22(20-34)9-11-24)39-31(38-27)25-12-14-26(15-13-25)32-29(35)16-17-30(36)37/h3-15,21,27-28,31,34H,16-20H2,1-2H3,(H,32,35)(H,36,37)/t21-,27+,28-,31-/m0/s1. The number of hydrogen-bond acceptors (Lipinski definition) is 6. The third-order valence-electron chi connectivity index (χ3n) is 7.08. The number of amides is 1. The van der Waals surface area contributed by atoms with Crippen molar-refractivity contribution < 1.29 is 29.3 Å². The van der Waals surface area contributed by atoms with E-state index < -0.39 is 12.3 Å². The largest absolute Gasteiger partial charge is 0.481 e. The predicted octanol–water partition coefficient (Wildman–Crippen LogP) is 5.22. The fraction of sp³-hybridized carbons (Fsp3) is 0.355. The second kappa shape index (κ2) is 13.5. The van der Waals surface area contributed by atoms with Crippen molar-refractivity contribution >= 4 is 17.6 Å². The summed E-state index contributed by atoms with van der Waals surface area (Å²) in [7, 11) is 2.10. The SMILES string of the molecule is C[C@@H](c1ccccc1)N(C)C[C@H]1C[C@@H](c2ccc(CO)cc2)O[C@@H](c2ccc(NC(=O)CCC(=O)O)cc2)O1. The molecule has 8 nitrogen and oxygen atoms in total. The van der Waals surface area contributed by atoms with E-state index in [9.17, 15) is 14.7 Å². The number of anilines is 1. The molecule has 206 valence electrons. The third-order valence-corrected chi connectivity index (χ3v) is 7.08. The van der Waals surface area contributed by atoms with E-state index in [1.165, 1.54) is 5.56 Å². The lowest BCUT2D eigenvalue weighted by Crippen LogP contribution is -2.38.